The van der Waals surface area contributed by atoms with Crippen LogP contribution in [-0.2, 0) is 16.0 Å². The molecule has 0 unspecified atom stereocenters. The number of rotatable bonds is 10. The third-order valence-electron chi connectivity index (χ3n) is 6.85. The van der Waals surface area contributed by atoms with E-state index in [0.717, 1.165) is 33.2 Å². The Balaban J connectivity index is 1.58. The Morgan fingerprint density at radius 2 is 1.67 bits per heavy atom. The minimum atomic E-state index is -0.801. The number of carbonyl (C=O) groups excluding carboxylic acids is 1. The van der Waals surface area contributed by atoms with Crippen molar-refractivity contribution in [2.24, 2.45) is 5.92 Å². The highest BCUT2D eigenvalue weighted by molar-refractivity contribution is 5.89. The van der Waals surface area contributed by atoms with E-state index in [0.29, 0.717) is 24.7 Å². The maximum atomic E-state index is 11.8. The number of nitrogens with zero attached hydrogens (tertiary/aromatic N) is 1. The molecule has 6 heteroatoms. The summed E-state index contributed by atoms with van der Waals surface area (Å²) in [4.78, 5) is 24.4. The zero-order valence-corrected chi connectivity index (χ0v) is 21.2. The molecule has 190 valence electrons. The van der Waals surface area contributed by atoms with Gasteiger partial charge in [0.15, 0.2) is 6.61 Å². The van der Waals surface area contributed by atoms with Crippen molar-refractivity contribution in [3.63, 3.8) is 0 Å². The molecule has 1 saturated carbocycles. The molecule has 1 amide bonds. The molecule has 3 aromatic carbocycles. The summed E-state index contributed by atoms with van der Waals surface area (Å²) in [6.45, 7) is 0.711. The number of carboxylic acids is 1. The third kappa shape index (κ3) is 6.78. The quantitative estimate of drug-likeness (QED) is 0.381. The molecular weight excluding hydrogens is 454 g/mol. The molecule has 3 aromatic rings. The zero-order valence-electron chi connectivity index (χ0n) is 21.2. The lowest BCUT2D eigenvalue weighted by Gasteiger charge is -2.23. The average molecular weight is 490 g/mol. The van der Waals surface area contributed by atoms with Gasteiger partial charge in [0.05, 0.1) is 6.61 Å². The van der Waals surface area contributed by atoms with Gasteiger partial charge < -0.3 is 19.5 Å². The highest BCUT2D eigenvalue weighted by atomic mass is 16.5. The van der Waals surface area contributed by atoms with Crippen LogP contribution < -0.4 is 9.47 Å². The normalized spacial score (nSPS) is 13.9. The van der Waals surface area contributed by atoms with E-state index >= 15 is 0 Å². The van der Waals surface area contributed by atoms with Gasteiger partial charge in [-0.05, 0) is 77.4 Å². The van der Waals surface area contributed by atoms with Gasteiger partial charge in [-0.1, -0.05) is 43.5 Å². The van der Waals surface area contributed by atoms with E-state index in [1.807, 2.05) is 36.4 Å². The fourth-order valence-corrected chi connectivity index (χ4v) is 4.65. The summed E-state index contributed by atoms with van der Waals surface area (Å²) in [7, 11) is 3.41. The Kier molecular flexibility index (Phi) is 8.47. The SMILES string of the molecule is CN(C)C(=O)COc1ccc2cc(-c3cc(CCC(=O)O)ccc3OCC3CCCCC3)ccc2c1. The molecule has 1 aliphatic carbocycles. The highest BCUT2D eigenvalue weighted by Crippen LogP contribution is 2.35. The molecule has 1 aliphatic rings. The van der Waals surface area contributed by atoms with Crippen molar-refractivity contribution in [3.8, 4) is 22.6 Å². The first-order valence-electron chi connectivity index (χ1n) is 12.7. The lowest BCUT2D eigenvalue weighted by atomic mass is 9.90. The van der Waals surface area contributed by atoms with Gasteiger partial charge in [0.1, 0.15) is 11.5 Å². The maximum absolute atomic E-state index is 11.8. The van der Waals surface area contributed by atoms with Gasteiger partial charge in [0.25, 0.3) is 5.91 Å². The minimum absolute atomic E-state index is 0.00141. The Morgan fingerprint density at radius 1 is 0.917 bits per heavy atom. The lowest BCUT2D eigenvalue weighted by molar-refractivity contribution is -0.137. The monoisotopic (exact) mass is 489 g/mol. The first-order valence-corrected chi connectivity index (χ1v) is 12.7. The number of benzene rings is 3. The highest BCUT2D eigenvalue weighted by Gasteiger charge is 2.16. The molecule has 0 radical (unpaired) electrons. The van der Waals surface area contributed by atoms with Gasteiger partial charge in [0, 0.05) is 26.1 Å². The molecule has 0 aromatic heterocycles. The van der Waals surface area contributed by atoms with E-state index in [4.69, 9.17) is 14.6 Å². The minimum Gasteiger partial charge on any atom is -0.493 e. The van der Waals surface area contributed by atoms with Crippen LogP contribution in [0.5, 0.6) is 11.5 Å². The summed E-state index contributed by atoms with van der Waals surface area (Å²) in [5, 5.41) is 11.2. The van der Waals surface area contributed by atoms with Gasteiger partial charge in [0.2, 0.25) is 0 Å². The van der Waals surface area contributed by atoms with Gasteiger partial charge in [-0.3, -0.25) is 9.59 Å². The lowest BCUT2D eigenvalue weighted by Crippen LogP contribution is -2.27. The van der Waals surface area contributed by atoms with Crippen molar-refractivity contribution < 1.29 is 24.2 Å². The number of aliphatic carboxylic acids is 1. The van der Waals surface area contributed by atoms with Crippen LogP contribution >= 0.6 is 0 Å². The molecule has 0 spiro atoms. The van der Waals surface area contributed by atoms with Crippen LogP contribution in [0.3, 0.4) is 0 Å². The fourth-order valence-electron chi connectivity index (χ4n) is 4.65. The van der Waals surface area contributed by atoms with E-state index < -0.39 is 5.97 Å². The van der Waals surface area contributed by atoms with Gasteiger partial charge >= 0.3 is 5.97 Å². The fraction of sp³-hybridized carbons (Fsp3) is 0.400. The summed E-state index contributed by atoms with van der Waals surface area (Å²) in [6, 6.07) is 18.0. The van der Waals surface area contributed by atoms with Crippen LogP contribution in [0.4, 0.5) is 0 Å². The topological polar surface area (TPSA) is 76.1 Å². The van der Waals surface area contributed by atoms with Crippen molar-refractivity contribution in [2.75, 3.05) is 27.3 Å². The molecule has 0 atom stereocenters. The molecule has 6 nitrogen and oxygen atoms in total. The smallest absolute Gasteiger partial charge is 0.303 e. The third-order valence-corrected chi connectivity index (χ3v) is 6.85. The van der Waals surface area contributed by atoms with Crippen LogP contribution in [0.15, 0.2) is 54.6 Å². The second kappa shape index (κ2) is 11.9. The number of aryl methyl sites for hydroxylation is 1. The first-order chi connectivity index (χ1) is 17.4. The number of likely N-dealkylation sites (N-methyl/N-ethyl adjacent to an activating group) is 1. The van der Waals surface area contributed by atoms with E-state index in [-0.39, 0.29) is 18.9 Å². The molecule has 0 heterocycles. The number of fused-ring (bicyclic) bond motifs is 1. The predicted octanol–water partition coefficient (Wildman–Crippen LogP) is 5.95. The zero-order chi connectivity index (χ0) is 25.5. The van der Waals surface area contributed by atoms with E-state index in [2.05, 4.69) is 18.2 Å². The van der Waals surface area contributed by atoms with E-state index in [1.54, 1.807) is 14.1 Å². The number of hydrogen-bond donors (Lipinski definition) is 1. The molecular formula is C30H35NO5. The second-order valence-electron chi connectivity index (χ2n) is 9.84. The Labute approximate surface area is 212 Å². The number of carboxylic acid groups (broad SMARTS) is 1. The van der Waals surface area contributed by atoms with Crippen molar-refractivity contribution >= 4 is 22.6 Å². The van der Waals surface area contributed by atoms with Crippen LogP contribution in [0.25, 0.3) is 21.9 Å². The van der Waals surface area contributed by atoms with Crippen LogP contribution in [0.1, 0.15) is 44.1 Å². The van der Waals surface area contributed by atoms with E-state index in [9.17, 15) is 9.59 Å². The standard InChI is InChI=1S/C30H35NO5/c1-31(2)29(32)20-35-26-13-12-23-17-25(11-10-24(23)18-26)27-16-21(9-15-30(33)34)8-14-28(27)36-19-22-6-4-3-5-7-22/h8,10-14,16-18,22H,3-7,9,15,19-20H2,1-2H3,(H,33,34). The van der Waals surface area contributed by atoms with Crippen LogP contribution in [0, 0.1) is 5.92 Å². The Hall–Kier alpha value is -3.54. The Morgan fingerprint density at radius 3 is 2.42 bits per heavy atom. The van der Waals surface area contributed by atoms with Crippen molar-refractivity contribution in [1.29, 1.82) is 0 Å². The van der Waals surface area contributed by atoms with Gasteiger partial charge in [-0.25, -0.2) is 0 Å². The Bertz CT molecular complexity index is 1210. The number of carbonyl (C=O) groups is 2. The van der Waals surface area contributed by atoms with Crippen molar-refractivity contribution in [2.45, 2.75) is 44.9 Å². The summed E-state index contributed by atoms with van der Waals surface area (Å²) in [5.41, 5.74) is 2.98. The predicted molar refractivity (Wildman–Crippen MR) is 142 cm³/mol. The number of amides is 1. The van der Waals surface area contributed by atoms with E-state index in [1.165, 1.54) is 37.0 Å². The van der Waals surface area contributed by atoms with Crippen LogP contribution in [0.2, 0.25) is 0 Å². The van der Waals surface area contributed by atoms with Gasteiger partial charge in [-0.15, -0.1) is 0 Å². The van der Waals surface area contributed by atoms with Gasteiger partial charge in [-0.2, -0.15) is 0 Å². The molecule has 0 bridgehead atoms. The molecule has 36 heavy (non-hydrogen) atoms. The molecule has 0 saturated heterocycles. The summed E-state index contributed by atoms with van der Waals surface area (Å²) in [6.07, 6.45) is 6.86. The molecule has 1 N–H and O–H groups in total. The summed E-state index contributed by atoms with van der Waals surface area (Å²) < 4.78 is 12.0. The molecule has 4 rings (SSSR count). The summed E-state index contributed by atoms with van der Waals surface area (Å²) >= 11 is 0. The number of ether oxygens (including phenoxy) is 2. The summed E-state index contributed by atoms with van der Waals surface area (Å²) in [5.74, 6) is 1.19. The van der Waals surface area contributed by atoms with Crippen LogP contribution in [-0.4, -0.2) is 49.2 Å². The molecule has 1 fully saturated rings. The largest absolute Gasteiger partial charge is 0.493 e. The maximum Gasteiger partial charge on any atom is 0.303 e. The molecule has 0 aliphatic heterocycles. The first kappa shape index (κ1) is 25.5. The number of hydrogen-bond acceptors (Lipinski definition) is 4. The average Bonchev–Trinajstić information content (AvgIpc) is 2.89. The van der Waals surface area contributed by atoms with Crippen molar-refractivity contribution in [1.82, 2.24) is 4.90 Å². The second-order valence-corrected chi connectivity index (χ2v) is 9.84. The van der Waals surface area contributed by atoms with Crippen molar-refractivity contribution in [3.05, 3.63) is 60.2 Å².